The maximum absolute atomic E-state index is 11.7. The number of Topliss-reactive ketones (excluding diaryl/α,β-unsaturated/α-hetero) is 1. The van der Waals surface area contributed by atoms with Crippen LogP contribution in [0.2, 0.25) is 0 Å². The van der Waals surface area contributed by atoms with Crippen LogP contribution in [0.3, 0.4) is 0 Å². The molecule has 4 heteroatoms. The van der Waals surface area contributed by atoms with E-state index in [1.807, 2.05) is 0 Å². The fraction of sp³-hybridized carbons (Fsp3) is 0.600. The van der Waals surface area contributed by atoms with E-state index in [0.717, 1.165) is 0 Å². The molecule has 0 amide bonds. The zero-order chi connectivity index (χ0) is 11.5. The number of hydrogen-bond donors (Lipinski definition) is 1. The van der Waals surface area contributed by atoms with Crippen molar-refractivity contribution in [3.63, 3.8) is 0 Å². The van der Waals surface area contributed by atoms with Crippen LogP contribution in [0.5, 0.6) is 0 Å². The second kappa shape index (κ2) is 4.26. The normalized spacial score (nSPS) is 12.5. The Balaban J connectivity index is 5.06. The largest absolute Gasteiger partial charge is 0.478 e. The molecule has 0 unspecified atom stereocenters. The number of carbonyl (C=O) groups excluding carboxylic acids is 1. The van der Waals surface area contributed by atoms with Gasteiger partial charge in [0.25, 0.3) is 0 Å². The Morgan fingerprint density at radius 2 is 1.64 bits per heavy atom. The van der Waals surface area contributed by atoms with Gasteiger partial charge < -0.3 is 10.0 Å². The summed E-state index contributed by atoms with van der Waals surface area (Å²) >= 11 is 0. The first kappa shape index (κ1) is 12.7. The van der Waals surface area contributed by atoms with Gasteiger partial charge in [-0.15, -0.1) is 0 Å². The predicted octanol–water partition coefficient (Wildman–Crippen LogP) is 1.13. The van der Waals surface area contributed by atoms with Crippen molar-refractivity contribution in [2.75, 3.05) is 14.1 Å². The van der Waals surface area contributed by atoms with Gasteiger partial charge in [-0.3, -0.25) is 4.79 Å². The van der Waals surface area contributed by atoms with Gasteiger partial charge in [0.2, 0.25) is 0 Å². The molecular formula is C10H17NO3. The van der Waals surface area contributed by atoms with Crippen molar-refractivity contribution in [1.29, 1.82) is 0 Å². The lowest BCUT2D eigenvalue weighted by atomic mass is 9.86. The molecule has 4 nitrogen and oxygen atoms in total. The van der Waals surface area contributed by atoms with Crippen molar-refractivity contribution in [2.45, 2.75) is 20.8 Å². The Bertz CT molecular complexity index is 272. The molecule has 1 N–H and O–H groups in total. The molecule has 0 spiro atoms. The molecule has 0 aromatic heterocycles. The number of hydrogen-bond acceptors (Lipinski definition) is 3. The molecule has 14 heavy (non-hydrogen) atoms. The van der Waals surface area contributed by atoms with Gasteiger partial charge in [0, 0.05) is 25.7 Å². The molecule has 0 aliphatic carbocycles. The number of rotatable bonds is 3. The molecular weight excluding hydrogens is 182 g/mol. The summed E-state index contributed by atoms with van der Waals surface area (Å²) in [7, 11) is 3.36. The minimum atomic E-state index is -1.18. The number of aliphatic carboxylic acids is 1. The summed E-state index contributed by atoms with van der Waals surface area (Å²) < 4.78 is 0. The Morgan fingerprint density at radius 1 is 1.21 bits per heavy atom. The first-order valence-electron chi connectivity index (χ1n) is 4.32. The van der Waals surface area contributed by atoms with Crippen LogP contribution in [0.4, 0.5) is 0 Å². The van der Waals surface area contributed by atoms with E-state index < -0.39 is 11.4 Å². The lowest BCUT2D eigenvalue weighted by Gasteiger charge is -2.17. The lowest BCUT2D eigenvalue weighted by Crippen LogP contribution is -2.27. The van der Waals surface area contributed by atoms with Gasteiger partial charge in [0.05, 0.1) is 0 Å². The topological polar surface area (TPSA) is 57.6 Å². The first-order chi connectivity index (χ1) is 6.16. The SMILES string of the molecule is CN(C)C=C(C(=O)O)C(=O)C(C)(C)C. The smallest absolute Gasteiger partial charge is 0.340 e. The number of nitrogens with zero attached hydrogens (tertiary/aromatic N) is 1. The van der Waals surface area contributed by atoms with Crippen molar-refractivity contribution < 1.29 is 14.7 Å². The molecule has 0 aromatic carbocycles. The first-order valence-corrected chi connectivity index (χ1v) is 4.32. The van der Waals surface area contributed by atoms with E-state index in [1.54, 1.807) is 39.8 Å². The fourth-order valence-corrected chi connectivity index (χ4v) is 0.873. The number of carbonyl (C=O) groups is 2. The summed E-state index contributed by atoms with van der Waals surface area (Å²) in [4.78, 5) is 24.0. The highest BCUT2D eigenvalue weighted by molar-refractivity contribution is 6.18. The molecule has 0 aromatic rings. The van der Waals surface area contributed by atoms with Crippen molar-refractivity contribution in [2.24, 2.45) is 5.41 Å². The average molecular weight is 199 g/mol. The molecule has 0 fully saturated rings. The predicted molar refractivity (Wildman–Crippen MR) is 53.9 cm³/mol. The molecule has 0 atom stereocenters. The Kier molecular flexibility index (Phi) is 3.86. The van der Waals surface area contributed by atoms with Crippen LogP contribution in [0.1, 0.15) is 20.8 Å². The van der Waals surface area contributed by atoms with Crippen LogP contribution in [0.25, 0.3) is 0 Å². The van der Waals surface area contributed by atoms with E-state index in [2.05, 4.69) is 0 Å². The third-order valence-corrected chi connectivity index (χ3v) is 1.54. The molecule has 0 saturated carbocycles. The zero-order valence-corrected chi connectivity index (χ0v) is 9.29. The van der Waals surface area contributed by atoms with E-state index in [1.165, 1.54) is 6.20 Å². The molecule has 0 saturated heterocycles. The third-order valence-electron chi connectivity index (χ3n) is 1.54. The lowest BCUT2D eigenvalue weighted by molar-refractivity contribution is -0.136. The van der Waals surface area contributed by atoms with Gasteiger partial charge in [-0.1, -0.05) is 20.8 Å². The summed E-state index contributed by atoms with van der Waals surface area (Å²) in [6.07, 6.45) is 1.33. The number of carboxylic acids is 1. The van der Waals surface area contributed by atoms with Crippen LogP contribution >= 0.6 is 0 Å². The van der Waals surface area contributed by atoms with Crippen molar-refractivity contribution in [3.05, 3.63) is 11.8 Å². The standard InChI is InChI=1S/C10H17NO3/c1-10(2,3)8(12)7(9(13)14)6-11(4)5/h6H,1-5H3,(H,13,14). The highest BCUT2D eigenvalue weighted by Gasteiger charge is 2.29. The maximum atomic E-state index is 11.7. The van der Waals surface area contributed by atoms with Crippen LogP contribution in [-0.4, -0.2) is 35.9 Å². The second-order valence-electron chi connectivity index (χ2n) is 4.39. The summed E-state index contributed by atoms with van der Waals surface area (Å²) in [6.45, 7) is 5.09. The summed E-state index contributed by atoms with van der Waals surface area (Å²) in [6, 6.07) is 0. The molecule has 0 aliphatic heterocycles. The minimum Gasteiger partial charge on any atom is -0.478 e. The van der Waals surface area contributed by atoms with E-state index in [-0.39, 0.29) is 11.4 Å². The van der Waals surface area contributed by atoms with E-state index in [4.69, 9.17) is 5.11 Å². The number of carboxylic acid groups (broad SMARTS) is 1. The summed E-state index contributed by atoms with van der Waals surface area (Å²) in [5.41, 5.74) is -0.845. The Hall–Kier alpha value is -1.32. The van der Waals surface area contributed by atoms with Gasteiger partial charge in [-0.05, 0) is 0 Å². The highest BCUT2D eigenvalue weighted by Crippen LogP contribution is 2.20. The van der Waals surface area contributed by atoms with E-state index in [9.17, 15) is 9.59 Å². The van der Waals surface area contributed by atoms with Gasteiger partial charge in [-0.2, -0.15) is 0 Å². The van der Waals surface area contributed by atoms with E-state index in [0.29, 0.717) is 0 Å². The quantitative estimate of drug-likeness (QED) is 0.420. The molecule has 0 radical (unpaired) electrons. The van der Waals surface area contributed by atoms with Crippen LogP contribution in [-0.2, 0) is 9.59 Å². The zero-order valence-electron chi connectivity index (χ0n) is 9.29. The van der Waals surface area contributed by atoms with Crippen LogP contribution in [0.15, 0.2) is 11.8 Å². The van der Waals surface area contributed by atoms with E-state index >= 15 is 0 Å². The van der Waals surface area contributed by atoms with Crippen LogP contribution in [0, 0.1) is 5.41 Å². The summed E-state index contributed by atoms with van der Waals surface area (Å²) in [5.74, 6) is -1.54. The molecule has 0 aliphatic rings. The second-order valence-corrected chi connectivity index (χ2v) is 4.39. The van der Waals surface area contributed by atoms with Crippen molar-refractivity contribution in [3.8, 4) is 0 Å². The molecule has 0 heterocycles. The minimum absolute atomic E-state index is 0.178. The highest BCUT2D eigenvalue weighted by atomic mass is 16.4. The molecule has 0 bridgehead atoms. The monoisotopic (exact) mass is 199 g/mol. The fourth-order valence-electron chi connectivity index (χ4n) is 0.873. The van der Waals surface area contributed by atoms with Gasteiger partial charge >= 0.3 is 5.97 Å². The van der Waals surface area contributed by atoms with Crippen LogP contribution < -0.4 is 0 Å². The Labute approximate surface area is 84.2 Å². The summed E-state index contributed by atoms with van der Waals surface area (Å²) in [5, 5.41) is 8.84. The van der Waals surface area contributed by atoms with Gasteiger partial charge in [-0.25, -0.2) is 4.79 Å². The third kappa shape index (κ3) is 3.60. The van der Waals surface area contributed by atoms with Gasteiger partial charge in [0.1, 0.15) is 5.57 Å². The molecule has 0 rings (SSSR count). The van der Waals surface area contributed by atoms with Crippen molar-refractivity contribution in [1.82, 2.24) is 4.90 Å². The average Bonchev–Trinajstić information content (AvgIpc) is 1.96. The Morgan fingerprint density at radius 3 is 1.86 bits per heavy atom. The van der Waals surface area contributed by atoms with Crippen molar-refractivity contribution >= 4 is 11.8 Å². The van der Waals surface area contributed by atoms with Gasteiger partial charge in [0.15, 0.2) is 5.78 Å². The molecule has 80 valence electrons. The maximum Gasteiger partial charge on any atom is 0.340 e. The number of ketones is 1.